The first kappa shape index (κ1) is 14.3. The molecule has 2 rings (SSSR count). The summed E-state index contributed by atoms with van der Waals surface area (Å²) in [5.41, 5.74) is 0. The summed E-state index contributed by atoms with van der Waals surface area (Å²) in [6.07, 6.45) is 7.75. The van der Waals surface area contributed by atoms with Crippen molar-refractivity contribution in [3.63, 3.8) is 0 Å². The number of rotatable bonds is 6. The second kappa shape index (κ2) is 6.35. The standard InChI is InChI=1S/C13H26N2O2S/c1-2-13-6-4-3-5-10-15(13)18(16,17)11-9-14-12-7-8-12/h12-14H,2-11H2,1H3. The van der Waals surface area contributed by atoms with Crippen LogP contribution in [0, 0.1) is 0 Å². The predicted molar refractivity (Wildman–Crippen MR) is 74.1 cm³/mol. The van der Waals surface area contributed by atoms with E-state index < -0.39 is 10.0 Å². The van der Waals surface area contributed by atoms with Crippen molar-refractivity contribution in [1.82, 2.24) is 9.62 Å². The van der Waals surface area contributed by atoms with Crippen molar-refractivity contribution in [2.75, 3.05) is 18.8 Å². The average Bonchev–Trinajstić information content (AvgIpc) is 3.14. The highest BCUT2D eigenvalue weighted by atomic mass is 32.2. The van der Waals surface area contributed by atoms with E-state index in [4.69, 9.17) is 0 Å². The highest BCUT2D eigenvalue weighted by Crippen LogP contribution is 2.22. The molecular weight excluding hydrogens is 248 g/mol. The third kappa shape index (κ3) is 3.93. The monoisotopic (exact) mass is 274 g/mol. The Kier molecular flexibility index (Phi) is 5.04. The minimum absolute atomic E-state index is 0.235. The Bertz CT molecular complexity index is 352. The molecule has 18 heavy (non-hydrogen) atoms. The molecule has 4 nitrogen and oxygen atoms in total. The molecule has 0 spiro atoms. The fourth-order valence-electron chi connectivity index (χ4n) is 2.72. The minimum Gasteiger partial charge on any atom is -0.313 e. The van der Waals surface area contributed by atoms with Gasteiger partial charge >= 0.3 is 0 Å². The van der Waals surface area contributed by atoms with Gasteiger partial charge in [-0.25, -0.2) is 8.42 Å². The van der Waals surface area contributed by atoms with E-state index in [2.05, 4.69) is 12.2 Å². The maximum atomic E-state index is 12.4. The van der Waals surface area contributed by atoms with Crippen LogP contribution in [0.15, 0.2) is 0 Å². The summed E-state index contributed by atoms with van der Waals surface area (Å²) in [5, 5.41) is 3.29. The number of sulfonamides is 1. The second-order valence-electron chi connectivity index (χ2n) is 5.57. The van der Waals surface area contributed by atoms with Crippen molar-refractivity contribution in [2.45, 2.75) is 64.0 Å². The van der Waals surface area contributed by atoms with Gasteiger partial charge in [0.25, 0.3) is 0 Å². The molecule has 1 saturated carbocycles. The summed E-state index contributed by atoms with van der Waals surface area (Å²) >= 11 is 0. The van der Waals surface area contributed by atoms with Gasteiger partial charge in [0.1, 0.15) is 0 Å². The Morgan fingerprint density at radius 2 is 1.94 bits per heavy atom. The van der Waals surface area contributed by atoms with Crippen molar-refractivity contribution >= 4 is 10.0 Å². The normalized spacial score (nSPS) is 27.1. The number of hydrogen-bond donors (Lipinski definition) is 1. The lowest BCUT2D eigenvalue weighted by Crippen LogP contribution is -2.42. The summed E-state index contributed by atoms with van der Waals surface area (Å²) in [6.45, 7) is 3.44. The number of hydrogen-bond acceptors (Lipinski definition) is 3. The van der Waals surface area contributed by atoms with Crippen LogP contribution in [0.5, 0.6) is 0 Å². The van der Waals surface area contributed by atoms with Crippen molar-refractivity contribution in [3.05, 3.63) is 0 Å². The summed E-state index contributed by atoms with van der Waals surface area (Å²) in [4.78, 5) is 0. The van der Waals surface area contributed by atoms with Crippen LogP contribution in [0.1, 0.15) is 51.9 Å². The summed E-state index contributed by atoms with van der Waals surface area (Å²) in [5.74, 6) is 0.264. The molecule has 2 fully saturated rings. The van der Waals surface area contributed by atoms with Gasteiger partial charge in [0.2, 0.25) is 10.0 Å². The van der Waals surface area contributed by atoms with Gasteiger partial charge in [0, 0.05) is 25.2 Å². The van der Waals surface area contributed by atoms with Crippen molar-refractivity contribution < 1.29 is 8.42 Å². The predicted octanol–water partition coefficient (Wildman–Crippen LogP) is 1.72. The van der Waals surface area contributed by atoms with Crippen LogP contribution in [0.4, 0.5) is 0 Å². The van der Waals surface area contributed by atoms with Gasteiger partial charge in [0.15, 0.2) is 0 Å². The van der Waals surface area contributed by atoms with E-state index in [1.807, 2.05) is 0 Å². The smallest absolute Gasteiger partial charge is 0.215 e. The van der Waals surface area contributed by atoms with Gasteiger partial charge < -0.3 is 5.32 Å². The molecule has 1 heterocycles. The van der Waals surface area contributed by atoms with Crippen molar-refractivity contribution in [1.29, 1.82) is 0 Å². The third-order valence-corrected chi connectivity index (χ3v) is 5.94. The molecule has 0 radical (unpaired) electrons. The zero-order chi connectivity index (χ0) is 13.0. The van der Waals surface area contributed by atoms with E-state index in [0.29, 0.717) is 12.6 Å². The van der Waals surface area contributed by atoms with E-state index in [9.17, 15) is 8.42 Å². The Morgan fingerprint density at radius 1 is 1.17 bits per heavy atom. The molecule has 106 valence electrons. The number of nitrogens with one attached hydrogen (secondary N) is 1. The quantitative estimate of drug-likeness (QED) is 0.802. The molecule has 2 aliphatic rings. The SMILES string of the molecule is CCC1CCCCCN1S(=O)(=O)CCNC1CC1. The highest BCUT2D eigenvalue weighted by Gasteiger charge is 2.30. The molecule has 0 aromatic rings. The molecule has 0 aromatic carbocycles. The molecule has 0 bridgehead atoms. The lowest BCUT2D eigenvalue weighted by molar-refractivity contribution is 0.315. The minimum atomic E-state index is -3.06. The maximum Gasteiger partial charge on any atom is 0.215 e. The Hall–Kier alpha value is -0.130. The molecule has 1 saturated heterocycles. The van der Waals surface area contributed by atoms with Crippen LogP contribution in [-0.2, 0) is 10.0 Å². The fourth-order valence-corrected chi connectivity index (χ4v) is 4.45. The zero-order valence-corrected chi connectivity index (χ0v) is 12.2. The van der Waals surface area contributed by atoms with Gasteiger partial charge in [-0.05, 0) is 32.1 Å². The van der Waals surface area contributed by atoms with Gasteiger partial charge in [-0.1, -0.05) is 19.8 Å². The second-order valence-corrected chi connectivity index (χ2v) is 7.61. The largest absolute Gasteiger partial charge is 0.313 e. The number of nitrogens with zero attached hydrogens (tertiary/aromatic N) is 1. The molecule has 1 unspecified atom stereocenters. The first-order chi connectivity index (χ1) is 8.63. The van der Waals surface area contributed by atoms with E-state index in [1.165, 1.54) is 25.7 Å². The van der Waals surface area contributed by atoms with Crippen LogP contribution in [0.3, 0.4) is 0 Å². The summed E-state index contributed by atoms with van der Waals surface area (Å²) in [7, 11) is -3.06. The molecule has 5 heteroatoms. The zero-order valence-electron chi connectivity index (χ0n) is 11.4. The topological polar surface area (TPSA) is 49.4 Å². The Balaban J connectivity index is 1.91. The fraction of sp³-hybridized carbons (Fsp3) is 1.00. The van der Waals surface area contributed by atoms with E-state index >= 15 is 0 Å². The van der Waals surface area contributed by atoms with Crippen LogP contribution in [0.2, 0.25) is 0 Å². The van der Waals surface area contributed by atoms with Gasteiger partial charge in [-0.3, -0.25) is 0 Å². The van der Waals surface area contributed by atoms with Gasteiger partial charge in [-0.2, -0.15) is 4.31 Å². The molecule has 1 aliphatic carbocycles. The molecule has 1 N–H and O–H groups in total. The lowest BCUT2D eigenvalue weighted by Gasteiger charge is -2.28. The first-order valence-electron chi connectivity index (χ1n) is 7.36. The highest BCUT2D eigenvalue weighted by molar-refractivity contribution is 7.89. The van der Waals surface area contributed by atoms with E-state index in [0.717, 1.165) is 25.8 Å². The molecule has 1 atom stereocenters. The third-order valence-electron chi connectivity index (χ3n) is 4.02. The summed E-state index contributed by atoms with van der Waals surface area (Å²) in [6, 6.07) is 0.824. The Morgan fingerprint density at radius 3 is 2.61 bits per heavy atom. The summed E-state index contributed by atoms with van der Waals surface area (Å²) < 4.78 is 26.6. The molecular formula is C13H26N2O2S. The average molecular weight is 274 g/mol. The van der Waals surface area contributed by atoms with Crippen molar-refractivity contribution in [2.24, 2.45) is 0 Å². The molecule has 1 aliphatic heterocycles. The van der Waals surface area contributed by atoms with Crippen LogP contribution < -0.4 is 5.32 Å². The van der Waals surface area contributed by atoms with Gasteiger partial charge in [-0.15, -0.1) is 0 Å². The van der Waals surface area contributed by atoms with E-state index in [-0.39, 0.29) is 11.8 Å². The Labute approximate surface area is 111 Å². The van der Waals surface area contributed by atoms with Gasteiger partial charge in [0.05, 0.1) is 5.75 Å². The van der Waals surface area contributed by atoms with E-state index in [1.54, 1.807) is 4.31 Å². The molecule has 0 aromatic heterocycles. The van der Waals surface area contributed by atoms with Crippen LogP contribution >= 0.6 is 0 Å². The first-order valence-corrected chi connectivity index (χ1v) is 8.97. The van der Waals surface area contributed by atoms with Crippen LogP contribution in [-0.4, -0.2) is 43.6 Å². The van der Waals surface area contributed by atoms with Crippen LogP contribution in [0.25, 0.3) is 0 Å². The lowest BCUT2D eigenvalue weighted by atomic mass is 10.1. The molecule has 0 amide bonds. The maximum absolute atomic E-state index is 12.4. The van der Waals surface area contributed by atoms with Crippen molar-refractivity contribution in [3.8, 4) is 0 Å².